The lowest BCUT2D eigenvalue weighted by atomic mass is 10.1. The first-order valence-corrected chi connectivity index (χ1v) is 13.1. The summed E-state index contributed by atoms with van der Waals surface area (Å²) >= 11 is 7.29. The molecule has 9 heteroatoms. The summed E-state index contributed by atoms with van der Waals surface area (Å²) in [6.07, 6.45) is 0. The first kappa shape index (κ1) is 24.5. The molecule has 2 aromatic carbocycles. The van der Waals surface area contributed by atoms with Gasteiger partial charge in [0.05, 0.1) is 21.2 Å². The number of pyridine rings is 1. The van der Waals surface area contributed by atoms with E-state index in [2.05, 4.69) is 10.3 Å². The number of hydrogen-bond donors (Lipinski definition) is 1. The van der Waals surface area contributed by atoms with Crippen molar-refractivity contribution in [3.8, 4) is 0 Å². The third-order valence-electron chi connectivity index (χ3n) is 5.12. The van der Waals surface area contributed by atoms with Gasteiger partial charge in [-0.3, -0.25) is 4.79 Å². The molecular formula is C23H26ClN3O3S2. The van der Waals surface area contributed by atoms with E-state index in [1.165, 1.54) is 16.1 Å². The van der Waals surface area contributed by atoms with Gasteiger partial charge in [0.2, 0.25) is 15.9 Å². The molecule has 6 nitrogen and oxygen atoms in total. The maximum Gasteiger partial charge on any atom is 0.243 e. The Morgan fingerprint density at radius 2 is 1.78 bits per heavy atom. The van der Waals surface area contributed by atoms with Crippen LogP contribution < -0.4 is 5.32 Å². The summed E-state index contributed by atoms with van der Waals surface area (Å²) in [5.41, 5.74) is 3.22. The number of hydrogen-bond acceptors (Lipinski definition) is 5. The van der Waals surface area contributed by atoms with Gasteiger partial charge >= 0.3 is 0 Å². The zero-order valence-corrected chi connectivity index (χ0v) is 20.9. The Labute approximate surface area is 198 Å². The Kier molecular flexibility index (Phi) is 7.82. The van der Waals surface area contributed by atoms with Crippen molar-refractivity contribution < 1.29 is 13.2 Å². The van der Waals surface area contributed by atoms with Gasteiger partial charge in [-0.2, -0.15) is 4.31 Å². The monoisotopic (exact) mass is 491 g/mol. The van der Waals surface area contributed by atoms with Crippen molar-refractivity contribution in [2.75, 3.05) is 24.2 Å². The van der Waals surface area contributed by atoms with E-state index in [0.717, 1.165) is 22.2 Å². The lowest BCUT2D eigenvalue weighted by molar-refractivity contribution is -0.113. The molecule has 0 aliphatic carbocycles. The Morgan fingerprint density at radius 3 is 2.44 bits per heavy atom. The first-order chi connectivity index (χ1) is 15.1. The zero-order chi connectivity index (χ0) is 23.5. The van der Waals surface area contributed by atoms with Gasteiger partial charge in [-0.05, 0) is 67.4 Å². The van der Waals surface area contributed by atoms with E-state index in [9.17, 15) is 13.2 Å². The van der Waals surface area contributed by atoms with Gasteiger partial charge < -0.3 is 5.32 Å². The van der Waals surface area contributed by atoms with Crippen LogP contribution in [0.5, 0.6) is 0 Å². The highest BCUT2D eigenvalue weighted by Crippen LogP contribution is 2.27. The number of aromatic nitrogens is 1. The molecule has 0 aliphatic heterocycles. The topological polar surface area (TPSA) is 79.4 Å². The Morgan fingerprint density at radius 1 is 1.06 bits per heavy atom. The summed E-state index contributed by atoms with van der Waals surface area (Å²) in [4.78, 5) is 17.3. The molecule has 0 saturated carbocycles. The summed E-state index contributed by atoms with van der Waals surface area (Å²) in [7, 11) is -3.54. The molecule has 0 atom stereocenters. The first-order valence-electron chi connectivity index (χ1n) is 10.3. The molecule has 1 aromatic heterocycles. The number of aryl methyl sites for hydroxylation is 2. The third kappa shape index (κ3) is 5.43. The van der Waals surface area contributed by atoms with Crippen molar-refractivity contribution >= 4 is 55.9 Å². The number of benzene rings is 2. The molecule has 1 heterocycles. The molecule has 0 bridgehead atoms. The molecule has 0 fully saturated rings. The molecule has 3 aromatic rings. The van der Waals surface area contributed by atoms with Crippen LogP contribution in [0.2, 0.25) is 5.02 Å². The molecule has 170 valence electrons. The molecule has 32 heavy (non-hydrogen) atoms. The van der Waals surface area contributed by atoms with Gasteiger partial charge in [0, 0.05) is 29.2 Å². The maximum absolute atomic E-state index is 12.8. The lowest BCUT2D eigenvalue weighted by Gasteiger charge is -2.19. The number of carbonyl (C=O) groups excluding carboxylic acids is 1. The van der Waals surface area contributed by atoms with Crippen molar-refractivity contribution in [3.63, 3.8) is 0 Å². The van der Waals surface area contributed by atoms with Crippen molar-refractivity contribution in [2.45, 2.75) is 37.6 Å². The van der Waals surface area contributed by atoms with E-state index >= 15 is 0 Å². The van der Waals surface area contributed by atoms with Crippen LogP contribution in [0.4, 0.5) is 5.69 Å². The Hall–Kier alpha value is -2.13. The predicted octanol–water partition coefficient (Wildman–Crippen LogP) is 5.27. The highest BCUT2D eigenvalue weighted by Gasteiger charge is 2.22. The van der Waals surface area contributed by atoms with Crippen molar-refractivity contribution in [1.29, 1.82) is 0 Å². The van der Waals surface area contributed by atoms with Crippen molar-refractivity contribution in [1.82, 2.24) is 9.29 Å². The Balaban J connectivity index is 1.77. The second kappa shape index (κ2) is 10.2. The van der Waals surface area contributed by atoms with Gasteiger partial charge in [-0.25, -0.2) is 13.4 Å². The lowest BCUT2D eigenvalue weighted by Crippen LogP contribution is -2.30. The van der Waals surface area contributed by atoms with Crippen LogP contribution in [0.3, 0.4) is 0 Å². The van der Waals surface area contributed by atoms with E-state index in [1.54, 1.807) is 36.4 Å². The van der Waals surface area contributed by atoms with Crippen LogP contribution in [-0.4, -0.2) is 42.5 Å². The zero-order valence-electron chi connectivity index (χ0n) is 18.5. The Bertz CT molecular complexity index is 1260. The van der Waals surface area contributed by atoms with Gasteiger partial charge in [0.15, 0.2) is 0 Å². The molecular weight excluding hydrogens is 466 g/mol. The normalized spacial score (nSPS) is 11.8. The van der Waals surface area contributed by atoms with Gasteiger partial charge in [-0.1, -0.05) is 37.2 Å². The standard InChI is InChI=1S/C23H26ClN3O3S2/c1-5-27(6-2)32(29,30)18-8-10-21-19(13-18)15(3)12-23(26-21)31-14-22(28)25-20-9-7-17(24)11-16(20)4/h7-13H,5-6,14H2,1-4H3,(H,25,28). The van der Waals surface area contributed by atoms with E-state index in [1.807, 2.05) is 33.8 Å². The second-order valence-electron chi connectivity index (χ2n) is 7.34. The minimum atomic E-state index is -3.54. The largest absolute Gasteiger partial charge is 0.325 e. The average Bonchev–Trinajstić information content (AvgIpc) is 2.74. The smallest absolute Gasteiger partial charge is 0.243 e. The molecule has 1 N–H and O–H groups in total. The predicted molar refractivity (Wildman–Crippen MR) is 132 cm³/mol. The van der Waals surface area contributed by atoms with Gasteiger partial charge in [0.25, 0.3) is 0 Å². The summed E-state index contributed by atoms with van der Waals surface area (Å²) in [6, 6.07) is 12.2. The number of nitrogens with zero attached hydrogens (tertiary/aromatic N) is 2. The van der Waals surface area contributed by atoms with Crippen LogP contribution in [0, 0.1) is 13.8 Å². The van der Waals surface area contributed by atoms with E-state index in [-0.39, 0.29) is 16.6 Å². The van der Waals surface area contributed by atoms with Crippen LogP contribution in [0.25, 0.3) is 10.9 Å². The molecule has 3 rings (SSSR count). The van der Waals surface area contributed by atoms with Crippen LogP contribution in [0.1, 0.15) is 25.0 Å². The maximum atomic E-state index is 12.8. The van der Waals surface area contributed by atoms with Crippen LogP contribution in [0.15, 0.2) is 52.4 Å². The number of halogens is 1. The quantitative estimate of drug-likeness (QED) is 0.434. The molecule has 0 radical (unpaired) electrons. The SMILES string of the molecule is CCN(CC)S(=O)(=O)c1ccc2nc(SCC(=O)Nc3ccc(Cl)cc3C)cc(C)c2c1. The fourth-order valence-corrected chi connectivity index (χ4v) is 5.87. The highest BCUT2D eigenvalue weighted by atomic mass is 35.5. The molecule has 0 spiro atoms. The third-order valence-corrected chi connectivity index (χ3v) is 8.31. The number of anilines is 1. The number of amides is 1. The minimum Gasteiger partial charge on any atom is -0.325 e. The number of thioether (sulfide) groups is 1. The van der Waals surface area contributed by atoms with Crippen LogP contribution >= 0.6 is 23.4 Å². The van der Waals surface area contributed by atoms with Crippen LogP contribution in [-0.2, 0) is 14.8 Å². The molecule has 0 saturated heterocycles. The number of fused-ring (bicyclic) bond motifs is 1. The summed E-state index contributed by atoms with van der Waals surface area (Å²) in [5.74, 6) is 0.0645. The summed E-state index contributed by atoms with van der Waals surface area (Å²) < 4.78 is 27.1. The van der Waals surface area contributed by atoms with E-state index < -0.39 is 10.0 Å². The van der Waals surface area contributed by atoms with Crippen molar-refractivity contribution in [3.05, 3.63) is 58.6 Å². The number of sulfonamides is 1. The van der Waals surface area contributed by atoms with Crippen molar-refractivity contribution in [2.24, 2.45) is 0 Å². The van der Waals surface area contributed by atoms with E-state index in [0.29, 0.717) is 28.7 Å². The molecule has 0 aliphatic rings. The van der Waals surface area contributed by atoms with Gasteiger partial charge in [-0.15, -0.1) is 0 Å². The second-order valence-corrected chi connectivity index (χ2v) is 10.7. The number of carbonyl (C=O) groups is 1. The highest BCUT2D eigenvalue weighted by molar-refractivity contribution is 7.99. The summed E-state index contributed by atoms with van der Waals surface area (Å²) in [6.45, 7) is 8.28. The van der Waals surface area contributed by atoms with E-state index in [4.69, 9.17) is 11.6 Å². The number of rotatable bonds is 8. The minimum absolute atomic E-state index is 0.138. The fourth-order valence-electron chi connectivity index (χ4n) is 3.38. The number of nitrogens with one attached hydrogen (secondary N) is 1. The average molecular weight is 492 g/mol. The molecule has 0 unspecified atom stereocenters. The van der Waals surface area contributed by atoms with Gasteiger partial charge in [0.1, 0.15) is 0 Å². The fraction of sp³-hybridized carbons (Fsp3) is 0.304. The molecule has 1 amide bonds. The summed E-state index contributed by atoms with van der Waals surface area (Å²) in [5, 5.41) is 5.00.